The number of carbonyl (C=O) groups is 1. The van der Waals surface area contributed by atoms with Crippen LogP contribution in [0.1, 0.15) is 66.2 Å². The third-order valence-corrected chi connectivity index (χ3v) is 7.58. The zero-order valence-corrected chi connectivity index (χ0v) is 14.9. The Labute approximate surface area is 139 Å². The minimum absolute atomic E-state index is 0.00382. The van der Waals surface area contributed by atoms with Crippen LogP contribution in [0.3, 0.4) is 0 Å². The van der Waals surface area contributed by atoms with E-state index in [0.717, 1.165) is 37.0 Å². The molecule has 0 aromatic carbocycles. The van der Waals surface area contributed by atoms with Crippen LogP contribution in [0.2, 0.25) is 0 Å². The van der Waals surface area contributed by atoms with E-state index in [1.807, 2.05) is 0 Å². The highest BCUT2D eigenvalue weighted by Gasteiger charge is 2.58. The highest BCUT2D eigenvalue weighted by Crippen LogP contribution is 2.62. The van der Waals surface area contributed by atoms with Crippen molar-refractivity contribution in [2.75, 3.05) is 6.61 Å². The lowest BCUT2D eigenvalue weighted by Crippen LogP contribution is -2.52. The van der Waals surface area contributed by atoms with Crippen LogP contribution >= 0.6 is 0 Å². The molecule has 5 unspecified atom stereocenters. The van der Waals surface area contributed by atoms with Crippen molar-refractivity contribution in [3.05, 3.63) is 11.1 Å². The smallest absolute Gasteiger partial charge is 0.159 e. The number of hydrogen-bond donors (Lipinski definition) is 1. The van der Waals surface area contributed by atoms with Crippen molar-refractivity contribution < 1.29 is 14.6 Å². The third-order valence-electron chi connectivity index (χ3n) is 7.58. The summed E-state index contributed by atoms with van der Waals surface area (Å²) in [6.07, 6.45) is 5.45. The number of allylic oxidation sites excluding steroid dienone is 1. The SMILES string of the molecule is CC1(C)CCCC2(C)C3=C(CC(C)(C4CO4)CC3O)C(=O)CC12. The number of fused-ring (bicyclic) bond motifs is 2. The monoisotopic (exact) mass is 318 g/mol. The third kappa shape index (κ3) is 2.19. The van der Waals surface area contributed by atoms with E-state index in [4.69, 9.17) is 4.74 Å². The molecule has 1 saturated heterocycles. The van der Waals surface area contributed by atoms with Gasteiger partial charge in [-0.1, -0.05) is 34.1 Å². The molecule has 3 heteroatoms. The molecule has 3 aliphatic carbocycles. The normalized spacial score (nSPS) is 48.7. The average Bonchev–Trinajstić information content (AvgIpc) is 3.25. The highest BCUT2D eigenvalue weighted by atomic mass is 16.6. The van der Waals surface area contributed by atoms with Gasteiger partial charge in [0.1, 0.15) is 0 Å². The Kier molecular flexibility index (Phi) is 3.23. The van der Waals surface area contributed by atoms with Crippen molar-refractivity contribution in [1.82, 2.24) is 0 Å². The van der Waals surface area contributed by atoms with E-state index < -0.39 is 6.10 Å². The Morgan fingerprint density at radius 3 is 2.52 bits per heavy atom. The lowest BCUT2D eigenvalue weighted by molar-refractivity contribution is -0.124. The first-order chi connectivity index (χ1) is 10.7. The quantitative estimate of drug-likeness (QED) is 0.751. The van der Waals surface area contributed by atoms with Crippen LogP contribution in [0, 0.1) is 22.2 Å². The van der Waals surface area contributed by atoms with Crippen LogP contribution in [0.5, 0.6) is 0 Å². The summed E-state index contributed by atoms with van der Waals surface area (Å²) in [5.74, 6) is 0.661. The van der Waals surface area contributed by atoms with Crippen LogP contribution in [0.4, 0.5) is 0 Å². The van der Waals surface area contributed by atoms with Gasteiger partial charge in [-0.2, -0.15) is 0 Å². The average molecular weight is 318 g/mol. The van der Waals surface area contributed by atoms with Crippen LogP contribution in [0.15, 0.2) is 11.1 Å². The van der Waals surface area contributed by atoms with Gasteiger partial charge in [-0.3, -0.25) is 4.79 Å². The Hall–Kier alpha value is -0.670. The second kappa shape index (κ2) is 4.70. The van der Waals surface area contributed by atoms with Crippen LogP contribution in [-0.4, -0.2) is 29.7 Å². The highest BCUT2D eigenvalue weighted by molar-refractivity contribution is 5.98. The second-order valence-corrected chi connectivity index (χ2v) is 9.70. The standard InChI is InChI=1S/C20H30O3/c1-18(2)6-5-7-20(4)15(18)8-13(21)12-9-19(3,16-11-23-16)10-14(22)17(12)20/h14-16,22H,5-11H2,1-4H3. The largest absolute Gasteiger partial charge is 0.389 e. The summed E-state index contributed by atoms with van der Waals surface area (Å²) in [5, 5.41) is 11.0. The van der Waals surface area contributed by atoms with E-state index in [1.165, 1.54) is 12.8 Å². The van der Waals surface area contributed by atoms with E-state index in [0.29, 0.717) is 18.1 Å². The molecule has 0 amide bonds. The van der Waals surface area contributed by atoms with Crippen molar-refractivity contribution in [2.24, 2.45) is 22.2 Å². The Balaban J connectivity index is 1.80. The van der Waals surface area contributed by atoms with Gasteiger partial charge in [0.05, 0.1) is 18.8 Å². The van der Waals surface area contributed by atoms with Crippen LogP contribution < -0.4 is 0 Å². The molecule has 1 aliphatic heterocycles. The number of Topliss-reactive ketones (excluding diaryl/α,β-unsaturated/α-hetero) is 1. The summed E-state index contributed by atoms with van der Waals surface area (Å²) >= 11 is 0. The van der Waals surface area contributed by atoms with Gasteiger partial charge in [-0.05, 0) is 53.6 Å². The summed E-state index contributed by atoms with van der Waals surface area (Å²) in [6.45, 7) is 9.91. The number of ketones is 1. The summed E-state index contributed by atoms with van der Waals surface area (Å²) in [7, 11) is 0. The van der Waals surface area contributed by atoms with E-state index in [1.54, 1.807) is 0 Å². The van der Waals surface area contributed by atoms with E-state index in [9.17, 15) is 9.90 Å². The van der Waals surface area contributed by atoms with Gasteiger partial charge in [0.2, 0.25) is 0 Å². The van der Waals surface area contributed by atoms with Gasteiger partial charge in [0.25, 0.3) is 0 Å². The predicted octanol–water partition coefficient (Wildman–Crippen LogP) is 3.65. The van der Waals surface area contributed by atoms with Gasteiger partial charge in [-0.25, -0.2) is 0 Å². The minimum Gasteiger partial charge on any atom is -0.389 e. The number of aliphatic hydroxyl groups is 1. The van der Waals surface area contributed by atoms with Crippen molar-refractivity contribution in [3.63, 3.8) is 0 Å². The summed E-state index contributed by atoms with van der Waals surface area (Å²) < 4.78 is 5.53. The molecule has 4 aliphatic rings. The van der Waals surface area contributed by atoms with Crippen molar-refractivity contribution in [1.29, 1.82) is 0 Å². The first-order valence-corrected chi connectivity index (χ1v) is 9.24. The molecule has 0 bridgehead atoms. The number of ether oxygens (including phenoxy) is 1. The van der Waals surface area contributed by atoms with Gasteiger partial charge < -0.3 is 9.84 Å². The second-order valence-electron chi connectivity index (χ2n) is 9.70. The first kappa shape index (κ1) is 15.8. The number of epoxide rings is 1. The van der Waals surface area contributed by atoms with Gasteiger partial charge in [0.15, 0.2) is 5.78 Å². The first-order valence-electron chi connectivity index (χ1n) is 9.24. The molecule has 1 saturated carbocycles. The molecule has 3 nitrogen and oxygen atoms in total. The van der Waals surface area contributed by atoms with Crippen molar-refractivity contribution in [3.8, 4) is 0 Å². The van der Waals surface area contributed by atoms with Crippen molar-refractivity contribution in [2.45, 2.75) is 78.4 Å². The molecule has 0 aromatic heterocycles. The Morgan fingerprint density at radius 2 is 1.87 bits per heavy atom. The Morgan fingerprint density at radius 1 is 1.17 bits per heavy atom. The molecule has 0 spiro atoms. The molecule has 2 fully saturated rings. The molecule has 128 valence electrons. The lowest BCUT2D eigenvalue weighted by Gasteiger charge is -2.57. The maximum absolute atomic E-state index is 13.0. The molecule has 1 heterocycles. The molecule has 1 N–H and O–H groups in total. The van der Waals surface area contributed by atoms with Gasteiger partial charge in [0, 0.05) is 11.8 Å². The molecular formula is C20H30O3. The zero-order valence-electron chi connectivity index (χ0n) is 14.9. The fourth-order valence-electron chi connectivity index (χ4n) is 6.24. The molecule has 5 atom stereocenters. The molecule has 0 aromatic rings. The van der Waals surface area contributed by atoms with E-state index in [2.05, 4.69) is 27.7 Å². The van der Waals surface area contributed by atoms with E-state index >= 15 is 0 Å². The Bertz CT molecular complexity index is 586. The minimum atomic E-state index is -0.474. The summed E-state index contributed by atoms with van der Waals surface area (Å²) in [6, 6.07) is 0. The molecule has 0 radical (unpaired) electrons. The fourth-order valence-corrected chi connectivity index (χ4v) is 6.24. The maximum atomic E-state index is 13.0. The number of rotatable bonds is 1. The number of hydrogen-bond acceptors (Lipinski definition) is 3. The van der Waals surface area contributed by atoms with Gasteiger partial charge in [-0.15, -0.1) is 0 Å². The predicted molar refractivity (Wildman–Crippen MR) is 89.0 cm³/mol. The van der Waals surface area contributed by atoms with Crippen LogP contribution in [-0.2, 0) is 9.53 Å². The zero-order chi connectivity index (χ0) is 16.6. The van der Waals surface area contributed by atoms with Crippen LogP contribution in [0.25, 0.3) is 0 Å². The lowest BCUT2D eigenvalue weighted by atomic mass is 9.47. The molecular weight excluding hydrogens is 288 g/mol. The molecule has 23 heavy (non-hydrogen) atoms. The fraction of sp³-hybridized carbons (Fsp3) is 0.850. The summed E-state index contributed by atoms with van der Waals surface area (Å²) in [4.78, 5) is 13.0. The maximum Gasteiger partial charge on any atom is 0.159 e. The number of aliphatic hydroxyl groups excluding tert-OH is 1. The molecule has 4 rings (SSSR count). The van der Waals surface area contributed by atoms with Crippen molar-refractivity contribution >= 4 is 5.78 Å². The van der Waals surface area contributed by atoms with E-state index in [-0.39, 0.29) is 22.3 Å². The van der Waals surface area contributed by atoms with Gasteiger partial charge >= 0.3 is 0 Å². The topological polar surface area (TPSA) is 49.8 Å². The number of carbonyl (C=O) groups excluding carboxylic acids is 1. The summed E-state index contributed by atoms with van der Waals surface area (Å²) in [5.41, 5.74) is 2.17.